The summed E-state index contributed by atoms with van der Waals surface area (Å²) in [6, 6.07) is 0. The highest BCUT2D eigenvalue weighted by Crippen LogP contribution is 1.82. The van der Waals surface area contributed by atoms with Gasteiger partial charge in [-0.05, 0) is 13.0 Å². The van der Waals surface area contributed by atoms with E-state index in [4.69, 9.17) is 0 Å². The first-order valence-corrected chi connectivity index (χ1v) is 3.91. The summed E-state index contributed by atoms with van der Waals surface area (Å²) in [5.74, 6) is 0.691. The number of rotatable bonds is 2. The van der Waals surface area contributed by atoms with Crippen LogP contribution in [0.1, 0.15) is 6.92 Å². The maximum atomic E-state index is 10.3. The van der Waals surface area contributed by atoms with Crippen LogP contribution in [0.2, 0.25) is 0 Å². The lowest BCUT2D eigenvalue weighted by Crippen LogP contribution is -1.98. The molecule has 0 aromatic heterocycles. The van der Waals surface area contributed by atoms with E-state index in [1.54, 1.807) is 6.26 Å². The third-order valence-corrected chi connectivity index (χ3v) is 1.23. The van der Waals surface area contributed by atoms with Gasteiger partial charge >= 0.3 is 0 Å². The van der Waals surface area contributed by atoms with E-state index >= 15 is 0 Å². The highest BCUT2D eigenvalue weighted by molar-refractivity contribution is 7.90. The van der Waals surface area contributed by atoms with Crippen LogP contribution in [0.3, 0.4) is 0 Å². The Morgan fingerprint density at radius 2 is 2.29 bits per heavy atom. The van der Waals surface area contributed by atoms with Gasteiger partial charge < -0.3 is 4.55 Å². The van der Waals surface area contributed by atoms with Crippen molar-refractivity contribution in [2.45, 2.75) is 6.92 Å². The molecule has 0 amide bonds. The molecule has 7 heavy (non-hydrogen) atoms. The molecule has 0 bridgehead atoms. The zero-order valence-electron chi connectivity index (χ0n) is 4.68. The summed E-state index contributed by atoms with van der Waals surface area (Å²) >= 11 is -0.652. The molecule has 2 heteroatoms. The molecule has 0 aliphatic carbocycles. The molecule has 0 aliphatic rings. The Hall–Kier alpha value is 0.0500. The first-order valence-electron chi connectivity index (χ1n) is 2.18. The van der Waals surface area contributed by atoms with Gasteiger partial charge in [0.2, 0.25) is 0 Å². The van der Waals surface area contributed by atoms with Crippen LogP contribution in [-0.4, -0.2) is 16.6 Å². The average molecular weight is 118 g/mol. The second kappa shape index (κ2) is 4.22. The summed E-state index contributed by atoms with van der Waals surface area (Å²) in [5.41, 5.74) is 0. The van der Waals surface area contributed by atoms with Gasteiger partial charge in [-0.25, -0.2) is 0 Å². The lowest BCUT2D eigenvalue weighted by molar-refractivity contribution is 0.603. The zero-order chi connectivity index (χ0) is 5.70. The van der Waals surface area contributed by atoms with Crippen LogP contribution in [0, 0.1) is 0 Å². The summed E-state index contributed by atoms with van der Waals surface area (Å²) in [6.07, 6.45) is 5.50. The van der Waals surface area contributed by atoms with Gasteiger partial charge in [0.1, 0.15) is 5.75 Å². The number of allylic oxidation sites excluding steroid dienone is 1. The molecule has 0 N–H and O–H groups in total. The summed E-state index contributed by atoms with van der Waals surface area (Å²) < 4.78 is 10.3. The van der Waals surface area contributed by atoms with Gasteiger partial charge in [-0.15, -0.1) is 0 Å². The monoisotopic (exact) mass is 118 g/mol. The molecule has 0 heterocycles. The topological polar surface area (TPSA) is 23.1 Å². The molecule has 0 saturated heterocycles. The fourth-order valence-corrected chi connectivity index (χ4v) is 0.695. The van der Waals surface area contributed by atoms with E-state index in [0.29, 0.717) is 5.75 Å². The van der Waals surface area contributed by atoms with Crippen LogP contribution >= 0.6 is 0 Å². The van der Waals surface area contributed by atoms with Crippen molar-refractivity contribution in [1.82, 2.24) is 0 Å². The second-order valence-corrected chi connectivity index (χ2v) is 2.79. The Balaban J connectivity index is 2.97. The summed E-state index contributed by atoms with van der Waals surface area (Å²) in [6.45, 7) is 1.92. The number of hydrogen-bond acceptors (Lipinski definition) is 1. The third-order valence-electron chi connectivity index (χ3n) is 0.567. The van der Waals surface area contributed by atoms with Crippen molar-refractivity contribution in [3.05, 3.63) is 12.2 Å². The normalized spacial score (nSPS) is 15.3. The van der Waals surface area contributed by atoms with Gasteiger partial charge in [-0.2, -0.15) is 0 Å². The van der Waals surface area contributed by atoms with E-state index in [0.717, 1.165) is 0 Å². The van der Waals surface area contributed by atoms with Crippen LogP contribution in [0.15, 0.2) is 12.2 Å². The van der Waals surface area contributed by atoms with Crippen molar-refractivity contribution in [3.63, 3.8) is 0 Å². The van der Waals surface area contributed by atoms with Gasteiger partial charge in [0.15, 0.2) is 0 Å². The Bertz CT molecular complexity index is 59.1. The fraction of sp³-hybridized carbons (Fsp3) is 0.600. The first-order chi connectivity index (χ1) is 3.27. The van der Waals surface area contributed by atoms with Gasteiger partial charge in [0, 0.05) is 0 Å². The second-order valence-electron chi connectivity index (χ2n) is 1.31. The van der Waals surface area contributed by atoms with Crippen LogP contribution in [-0.2, 0) is 11.2 Å². The molecular weight excluding hydrogens is 108 g/mol. The minimum absolute atomic E-state index is 0.652. The molecule has 0 radical (unpaired) electrons. The SMILES string of the molecule is C/C=C/C[S+](C)[O-]. The Morgan fingerprint density at radius 3 is 2.43 bits per heavy atom. The predicted octanol–water partition coefficient (Wildman–Crippen LogP) is 0.941. The van der Waals surface area contributed by atoms with Crippen molar-refractivity contribution in [2.75, 3.05) is 12.0 Å². The average Bonchev–Trinajstić information content (AvgIpc) is 1.61. The summed E-state index contributed by atoms with van der Waals surface area (Å²) in [5, 5.41) is 0. The van der Waals surface area contributed by atoms with Gasteiger partial charge in [0.05, 0.1) is 6.26 Å². The fourth-order valence-electron chi connectivity index (χ4n) is 0.232. The van der Waals surface area contributed by atoms with E-state index in [1.807, 2.05) is 19.1 Å². The first kappa shape index (κ1) is 7.05. The summed E-state index contributed by atoms with van der Waals surface area (Å²) in [4.78, 5) is 0. The van der Waals surface area contributed by atoms with E-state index in [9.17, 15) is 4.55 Å². The lowest BCUT2D eigenvalue weighted by atomic mass is 10.6. The Morgan fingerprint density at radius 1 is 1.71 bits per heavy atom. The quantitative estimate of drug-likeness (QED) is 0.391. The molecule has 0 spiro atoms. The molecule has 0 aromatic rings. The third kappa shape index (κ3) is 6.05. The zero-order valence-corrected chi connectivity index (χ0v) is 5.49. The van der Waals surface area contributed by atoms with Crippen molar-refractivity contribution in [1.29, 1.82) is 0 Å². The van der Waals surface area contributed by atoms with E-state index in [-0.39, 0.29) is 0 Å². The standard InChI is InChI=1S/C5H10OS/c1-3-4-5-7(2)6/h3-4H,5H2,1-2H3/b4-3+. The molecule has 0 aromatic carbocycles. The van der Waals surface area contributed by atoms with Crippen molar-refractivity contribution < 1.29 is 4.55 Å². The van der Waals surface area contributed by atoms with Crippen molar-refractivity contribution in [2.24, 2.45) is 0 Å². The molecule has 42 valence electrons. The van der Waals surface area contributed by atoms with E-state index in [2.05, 4.69) is 0 Å². The predicted molar refractivity (Wildman–Crippen MR) is 33.7 cm³/mol. The minimum Gasteiger partial charge on any atom is -0.616 e. The summed E-state index contributed by atoms with van der Waals surface area (Å²) in [7, 11) is 0. The highest BCUT2D eigenvalue weighted by Gasteiger charge is 1.85. The van der Waals surface area contributed by atoms with E-state index in [1.165, 1.54) is 0 Å². The van der Waals surface area contributed by atoms with Crippen molar-refractivity contribution in [3.8, 4) is 0 Å². The molecule has 0 rings (SSSR count). The molecule has 0 saturated carbocycles. The molecule has 1 nitrogen and oxygen atoms in total. The molecule has 1 atom stereocenters. The van der Waals surface area contributed by atoms with Crippen LogP contribution < -0.4 is 0 Å². The Labute approximate surface area is 47.6 Å². The molecule has 1 unspecified atom stereocenters. The van der Waals surface area contributed by atoms with Crippen molar-refractivity contribution >= 4 is 11.2 Å². The molecular formula is C5H10OS. The Kier molecular flexibility index (Phi) is 4.25. The van der Waals surface area contributed by atoms with Gasteiger partial charge in [-0.3, -0.25) is 0 Å². The maximum Gasteiger partial charge on any atom is 0.123 e. The minimum atomic E-state index is -0.652. The lowest BCUT2D eigenvalue weighted by Gasteiger charge is -1.97. The largest absolute Gasteiger partial charge is 0.616 e. The van der Waals surface area contributed by atoms with Crippen LogP contribution in [0.4, 0.5) is 0 Å². The van der Waals surface area contributed by atoms with E-state index < -0.39 is 11.2 Å². The van der Waals surface area contributed by atoms with Gasteiger partial charge in [0.25, 0.3) is 0 Å². The van der Waals surface area contributed by atoms with Gasteiger partial charge in [-0.1, -0.05) is 17.3 Å². The molecule has 0 fully saturated rings. The van der Waals surface area contributed by atoms with Crippen LogP contribution in [0.5, 0.6) is 0 Å². The smallest absolute Gasteiger partial charge is 0.123 e. The number of hydrogen-bond donors (Lipinski definition) is 0. The van der Waals surface area contributed by atoms with Crippen LogP contribution in [0.25, 0.3) is 0 Å². The highest BCUT2D eigenvalue weighted by atomic mass is 32.2. The maximum absolute atomic E-state index is 10.3. The molecule has 0 aliphatic heterocycles.